The molecule has 2 N–H and O–H groups in total. The number of amides is 1. The third kappa shape index (κ3) is 3.04. The first kappa shape index (κ1) is 13.8. The number of aromatic nitrogens is 2. The van der Waals surface area contributed by atoms with E-state index in [1.165, 1.54) is 0 Å². The number of para-hydroxylation sites is 1. The predicted molar refractivity (Wildman–Crippen MR) is 79.8 cm³/mol. The molecule has 1 aromatic heterocycles. The molecule has 1 aromatic carbocycles. The summed E-state index contributed by atoms with van der Waals surface area (Å²) in [6.07, 6.45) is 1.41. The summed E-state index contributed by atoms with van der Waals surface area (Å²) < 4.78 is 2.66. The minimum atomic E-state index is 0.0748. The fourth-order valence-corrected chi connectivity index (χ4v) is 2.40. The number of hydrogen-bond acceptors (Lipinski definition) is 2. The van der Waals surface area contributed by atoms with Crippen molar-refractivity contribution in [3.63, 3.8) is 0 Å². The van der Waals surface area contributed by atoms with Crippen LogP contribution in [0.25, 0.3) is 11.0 Å². The van der Waals surface area contributed by atoms with Crippen molar-refractivity contribution in [2.45, 2.75) is 33.2 Å². The van der Waals surface area contributed by atoms with Crippen molar-refractivity contribution in [2.75, 3.05) is 6.54 Å². The van der Waals surface area contributed by atoms with E-state index in [4.69, 9.17) is 12.2 Å². The molecular weight excluding hydrogens is 258 g/mol. The van der Waals surface area contributed by atoms with Crippen molar-refractivity contribution in [1.29, 1.82) is 0 Å². The zero-order chi connectivity index (χ0) is 13.8. The third-order valence-electron chi connectivity index (χ3n) is 3.15. The number of rotatable bonds is 5. The second-order valence-corrected chi connectivity index (χ2v) is 5.04. The molecule has 0 aliphatic rings. The highest BCUT2D eigenvalue weighted by Gasteiger charge is 2.07. The number of fused-ring (bicyclic) bond motifs is 1. The van der Waals surface area contributed by atoms with Crippen molar-refractivity contribution in [3.8, 4) is 0 Å². The first-order chi connectivity index (χ1) is 9.13. The van der Waals surface area contributed by atoms with E-state index in [1.54, 1.807) is 0 Å². The molecule has 0 fully saturated rings. The first-order valence-electron chi connectivity index (χ1n) is 6.58. The number of nitrogens with zero attached hydrogens (tertiary/aromatic N) is 1. The average Bonchev–Trinajstić information content (AvgIpc) is 2.71. The van der Waals surface area contributed by atoms with Gasteiger partial charge in [0.05, 0.1) is 11.0 Å². The van der Waals surface area contributed by atoms with Crippen LogP contribution < -0.4 is 5.32 Å². The average molecular weight is 277 g/mol. The molecule has 0 aliphatic heterocycles. The van der Waals surface area contributed by atoms with Crippen LogP contribution in [0.15, 0.2) is 18.2 Å². The molecule has 0 saturated carbocycles. The minimum Gasteiger partial charge on any atom is -0.356 e. The van der Waals surface area contributed by atoms with E-state index in [0.29, 0.717) is 17.7 Å². The molecule has 0 spiro atoms. The van der Waals surface area contributed by atoms with Gasteiger partial charge in [-0.1, -0.05) is 19.1 Å². The van der Waals surface area contributed by atoms with Gasteiger partial charge in [-0.05, 0) is 37.2 Å². The van der Waals surface area contributed by atoms with Crippen molar-refractivity contribution in [1.82, 2.24) is 14.9 Å². The lowest BCUT2D eigenvalue weighted by atomic mass is 10.2. The van der Waals surface area contributed by atoms with Crippen molar-refractivity contribution in [3.05, 3.63) is 28.5 Å². The summed E-state index contributed by atoms with van der Waals surface area (Å²) in [5, 5.41) is 2.88. The normalized spacial score (nSPS) is 10.8. The predicted octanol–water partition coefficient (Wildman–Crippen LogP) is 2.92. The molecule has 0 saturated heterocycles. The number of benzene rings is 1. The van der Waals surface area contributed by atoms with Gasteiger partial charge in [0.1, 0.15) is 0 Å². The Bertz CT molecular complexity index is 642. The highest BCUT2D eigenvalue weighted by Crippen LogP contribution is 2.18. The highest BCUT2D eigenvalue weighted by atomic mass is 32.1. The van der Waals surface area contributed by atoms with Gasteiger partial charge in [-0.3, -0.25) is 4.79 Å². The standard InChI is InChI=1S/C14H19N3OS/c1-3-8-15-12(18)7-9-17-11-6-4-5-10(2)13(11)16-14(17)19/h4-6H,3,7-9H2,1-2H3,(H,15,18)(H,16,19). The molecule has 1 heterocycles. The van der Waals surface area contributed by atoms with E-state index in [-0.39, 0.29) is 5.91 Å². The Morgan fingerprint density at radius 2 is 2.26 bits per heavy atom. The van der Waals surface area contributed by atoms with E-state index >= 15 is 0 Å². The molecule has 102 valence electrons. The molecule has 0 unspecified atom stereocenters. The number of carbonyl (C=O) groups excluding carboxylic acids is 1. The molecule has 2 rings (SSSR count). The molecule has 0 atom stereocenters. The van der Waals surface area contributed by atoms with Gasteiger partial charge in [0.2, 0.25) is 5.91 Å². The number of H-pyrrole nitrogens is 1. The second-order valence-electron chi connectivity index (χ2n) is 4.65. The first-order valence-corrected chi connectivity index (χ1v) is 6.99. The summed E-state index contributed by atoms with van der Waals surface area (Å²) in [5.41, 5.74) is 3.28. The fraction of sp³-hybridized carbons (Fsp3) is 0.429. The zero-order valence-corrected chi connectivity index (χ0v) is 12.1. The van der Waals surface area contributed by atoms with Crippen LogP contribution in [-0.2, 0) is 11.3 Å². The molecular formula is C14H19N3OS. The highest BCUT2D eigenvalue weighted by molar-refractivity contribution is 7.71. The maximum atomic E-state index is 11.6. The molecule has 0 aliphatic carbocycles. The van der Waals surface area contributed by atoms with Crippen LogP contribution in [0.1, 0.15) is 25.3 Å². The largest absolute Gasteiger partial charge is 0.356 e. The van der Waals surface area contributed by atoms with Gasteiger partial charge in [-0.2, -0.15) is 0 Å². The van der Waals surface area contributed by atoms with Crippen LogP contribution in [0.3, 0.4) is 0 Å². The van der Waals surface area contributed by atoms with Gasteiger partial charge in [0, 0.05) is 19.5 Å². The summed E-state index contributed by atoms with van der Waals surface area (Å²) in [7, 11) is 0. The maximum Gasteiger partial charge on any atom is 0.221 e. The lowest BCUT2D eigenvalue weighted by Crippen LogP contribution is -2.25. The summed E-state index contributed by atoms with van der Waals surface area (Å²) in [6.45, 7) is 5.43. The number of aromatic amines is 1. The summed E-state index contributed by atoms with van der Waals surface area (Å²) in [5.74, 6) is 0.0748. The van der Waals surface area contributed by atoms with E-state index < -0.39 is 0 Å². The fourth-order valence-electron chi connectivity index (χ4n) is 2.11. The van der Waals surface area contributed by atoms with Crippen LogP contribution in [-0.4, -0.2) is 22.0 Å². The number of carbonyl (C=O) groups is 1. The molecule has 4 nitrogen and oxygen atoms in total. The lowest BCUT2D eigenvalue weighted by Gasteiger charge is -2.06. The Labute approximate surface area is 117 Å². The Morgan fingerprint density at radius 3 is 3.00 bits per heavy atom. The number of aryl methyl sites for hydroxylation is 2. The minimum absolute atomic E-state index is 0.0748. The maximum absolute atomic E-state index is 11.6. The van der Waals surface area contributed by atoms with Crippen LogP contribution in [0, 0.1) is 11.7 Å². The monoisotopic (exact) mass is 277 g/mol. The molecule has 19 heavy (non-hydrogen) atoms. The molecule has 2 aromatic rings. The Morgan fingerprint density at radius 1 is 1.47 bits per heavy atom. The van der Waals surface area contributed by atoms with Crippen LogP contribution in [0.5, 0.6) is 0 Å². The van der Waals surface area contributed by atoms with E-state index in [1.807, 2.05) is 36.6 Å². The Hall–Kier alpha value is -1.62. The Balaban J connectivity index is 2.17. The molecule has 5 heteroatoms. The van der Waals surface area contributed by atoms with Crippen LogP contribution in [0.2, 0.25) is 0 Å². The lowest BCUT2D eigenvalue weighted by molar-refractivity contribution is -0.121. The number of imidazole rings is 1. The van der Waals surface area contributed by atoms with Crippen molar-refractivity contribution >= 4 is 29.2 Å². The molecule has 0 bridgehead atoms. The van der Waals surface area contributed by atoms with Crippen molar-refractivity contribution in [2.24, 2.45) is 0 Å². The second kappa shape index (κ2) is 6.02. The van der Waals surface area contributed by atoms with E-state index in [0.717, 1.165) is 29.6 Å². The van der Waals surface area contributed by atoms with Crippen molar-refractivity contribution < 1.29 is 4.79 Å². The van der Waals surface area contributed by atoms with Gasteiger partial charge >= 0.3 is 0 Å². The van der Waals surface area contributed by atoms with Crippen LogP contribution in [0.4, 0.5) is 0 Å². The smallest absolute Gasteiger partial charge is 0.221 e. The van der Waals surface area contributed by atoms with E-state index in [9.17, 15) is 4.79 Å². The summed E-state index contributed by atoms with van der Waals surface area (Å²) in [6, 6.07) is 6.08. The third-order valence-corrected chi connectivity index (χ3v) is 3.48. The SMILES string of the molecule is CCCNC(=O)CCn1c(=S)[nH]c2c(C)cccc21. The van der Waals surface area contributed by atoms with Gasteiger partial charge in [-0.15, -0.1) is 0 Å². The topological polar surface area (TPSA) is 49.8 Å². The molecule has 1 amide bonds. The summed E-state index contributed by atoms with van der Waals surface area (Å²) >= 11 is 5.33. The summed E-state index contributed by atoms with van der Waals surface area (Å²) in [4.78, 5) is 14.9. The van der Waals surface area contributed by atoms with Crippen LogP contribution >= 0.6 is 12.2 Å². The van der Waals surface area contributed by atoms with Gasteiger partial charge < -0.3 is 14.9 Å². The zero-order valence-electron chi connectivity index (χ0n) is 11.3. The number of hydrogen-bond donors (Lipinski definition) is 2. The Kier molecular flexibility index (Phi) is 4.37. The quantitative estimate of drug-likeness (QED) is 0.826. The van der Waals surface area contributed by atoms with Gasteiger partial charge in [0.25, 0.3) is 0 Å². The van der Waals surface area contributed by atoms with Gasteiger partial charge in [0.15, 0.2) is 4.77 Å². The van der Waals surface area contributed by atoms with Gasteiger partial charge in [-0.25, -0.2) is 0 Å². The van der Waals surface area contributed by atoms with E-state index in [2.05, 4.69) is 10.3 Å². The number of nitrogens with one attached hydrogen (secondary N) is 2. The molecule has 0 radical (unpaired) electrons.